The molecular weight excluding hydrogens is 362 g/mol. The van der Waals surface area contributed by atoms with Crippen molar-refractivity contribution in [1.82, 2.24) is 9.55 Å². The Kier molecular flexibility index (Phi) is 4.84. The summed E-state index contributed by atoms with van der Waals surface area (Å²) in [5.41, 5.74) is 3.16. The summed E-state index contributed by atoms with van der Waals surface area (Å²) in [5, 5.41) is 5.31. The first kappa shape index (κ1) is 17.2. The van der Waals surface area contributed by atoms with Crippen molar-refractivity contribution in [2.75, 3.05) is 5.32 Å². The number of nitrogens with one attached hydrogen (secondary N) is 1. The highest BCUT2D eigenvalue weighted by Crippen LogP contribution is 2.24. The second-order valence-corrected chi connectivity index (χ2v) is 6.90. The van der Waals surface area contributed by atoms with E-state index in [0.29, 0.717) is 30.1 Å². The second kappa shape index (κ2) is 7.59. The lowest BCUT2D eigenvalue weighted by Crippen LogP contribution is -2.17. The highest BCUT2D eigenvalue weighted by molar-refractivity contribution is 7.14. The number of amides is 1. The van der Waals surface area contributed by atoms with Gasteiger partial charge in [0.25, 0.3) is 0 Å². The molecule has 0 unspecified atom stereocenters. The molecule has 0 spiro atoms. The SMILES string of the molecule is O=C(CCCn1c(=O)oc2ccccc21)Nc1nc(-c2ccccc2)cs1. The van der Waals surface area contributed by atoms with Crippen LogP contribution in [-0.4, -0.2) is 15.5 Å². The van der Waals surface area contributed by atoms with Crippen molar-refractivity contribution < 1.29 is 9.21 Å². The fourth-order valence-electron chi connectivity index (χ4n) is 2.88. The van der Waals surface area contributed by atoms with Crippen LogP contribution in [0, 0.1) is 0 Å². The molecule has 136 valence electrons. The van der Waals surface area contributed by atoms with Gasteiger partial charge in [0.15, 0.2) is 10.7 Å². The molecule has 2 heterocycles. The molecule has 0 fully saturated rings. The molecule has 0 aliphatic heterocycles. The Morgan fingerprint density at radius 1 is 1.11 bits per heavy atom. The molecule has 6 nitrogen and oxygen atoms in total. The van der Waals surface area contributed by atoms with Crippen molar-refractivity contribution in [3.8, 4) is 11.3 Å². The van der Waals surface area contributed by atoms with E-state index in [9.17, 15) is 9.59 Å². The van der Waals surface area contributed by atoms with Gasteiger partial charge in [-0.3, -0.25) is 9.36 Å². The molecule has 2 aromatic heterocycles. The molecule has 1 amide bonds. The lowest BCUT2D eigenvalue weighted by atomic mass is 10.2. The van der Waals surface area contributed by atoms with E-state index in [0.717, 1.165) is 16.8 Å². The molecule has 1 N–H and O–H groups in total. The summed E-state index contributed by atoms with van der Waals surface area (Å²) in [5.74, 6) is -0.520. The van der Waals surface area contributed by atoms with E-state index in [1.54, 1.807) is 10.6 Å². The van der Waals surface area contributed by atoms with Crippen molar-refractivity contribution in [3.63, 3.8) is 0 Å². The third-order valence-corrected chi connectivity index (χ3v) is 4.94. The van der Waals surface area contributed by atoms with Gasteiger partial charge in [0.2, 0.25) is 5.91 Å². The van der Waals surface area contributed by atoms with E-state index >= 15 is 0 Å². The molecule has 0 bridgehead atoms. The molecule has 0 saturated heterocycles. The summed E-state index contributed by atoms with van der Waals surface area (Å²) in [6.07, 6.45) is 0.832. The molecule has 27 heavy (non-hydrogen) atoms. The normalized spacial score (nSPS) is 11.0. The number of hydrogen-bond donors (Lipinski definition) is 1. The predicted molar refractivity (Wildman–Crippen MR) is 106 cm³/mol. The fraction of sp³-hybridized carbons (Fsp3) is 0.150. The minimum Gasteiger partial charge on any atom is -0.408 e. The van der Waals surface area contributed by atoms with Gasteiger partial charge in [0, 0.05) is 23.9 Å². The molecule has 0 aliphatic carbocycles. The number of para-hydroxylation sites is 2. The Balaban J connectivity index is 1.34. The van der Waals surface area contributed by atoms with Crippen LogP contribution in [0.5, 0.6) is 0 Å². The quantitative estimate of drug-likeness (QED) is 0.546. The molecule has 4 rings (SSSR count). The fourth-order valence-corrected chi connectivity index (χ4v) is 3.61. The van der Waals surface area contributed by atoms with Gasteiger partial charge < -0.3 is 9.73 Å². The topological polar surface area (TPSA) is 77.1 Å². The number of thiazole rings is 1. The van der Waals surface area contributed by atoms with E-state index in [-0.39, 0.29) is 5.91 Å². The van der Waals surface area contributed by atoms with Gasteiger partial charge in [-0.15, -0.1) is 11.3 Å². The van der Waals surface area contributed by atoms with Gasteiger partial charge >= 0.3 is 5.76 Å². The number of nitrogens with zero attached hydrogens (tertiary/aromatic N) is 2. The highest BCUT2D eigenvalue weighted by Gasteiger charge is 2.11. The smallest absolute Gasteiger partial charge is 0.408 e. The van der Waals surface area contributed by atoms with Crippen LogP contribution in [0.1, 0.15) is 12.8 Å². The Morgan fingerprint density at radius 2 is 1.89 bits per heavy atom. The van der Waals surface area contributed by atoms with Crippen LogP contribution in [-0.2, 0) is 11.3 Å². The average Bonchev–Trinajstić information content (AvgIpc) is 3.27. The van der Waals surface area contributed by atoms with Crippen molar-refractivity contribution in [1.29, 1.82) is 0 Å². The molecular formula is C20H17N3O3S. The van der Waals surface area contributed by atoms with Gasteiger partial charge in [-0.2, -0.15) is 0 Å². The van der Waals surface area contributed by atoms with Crippen molar-refractivity contribution >= 4 is 33.5 Å². The molecule has 0 radical (unpaired) electrons. The zero-order chi connectivity index (χ0) is 18.6. The second-order valence-electron chi connectivity index (χ2n) is 6.04. The van der Waals surface area contributed by atoms with Gasteiger partial charge in [-0.05, 0) is 18.6 Å². The number of oxazole rings is 1. The number of carbonyl (C=O) groups excluding carboxylic acids is 1. The third-order valence-electron chi connectivity index (χ3n) is 4.18. The Morgan fingerprint density at radius 3 is 2.74 bits per heavy atom. The van der Waals surface area contributed by atoms with E-state index < -0.39 is 5.76 Å². The summed E-state index contributed by atoms with van der Waals surface area (Å²) in [7, 11) is 0. The van der Waals surface area contributed by atoms with E-state index in [1.807, 2.05) is 53.9 Å². The number of aromatic nitrogens is 2. The highest BCUT2D eigenvalue weighted by atomic mass is 32.1. The predicted octanol–water partition coefficient (Wildman–Crippen LogP) is 4.14. The number of benzene rings is 2. The Bertz CT molecular complexity index is 1130. The van der Waals surface area contributed by atoms with Crippen LogP contribution in [0.15, 0.2) is 69.2 Å². The standard InChI is InChI=1S/C20H17N3O3S/c24-18(22-19-21-15(13-27-19)14-7-2-1-3-8-14)11-6-12-23-16-9-4-5-10-17(16)26-20(23)25/h1-5,7-10,13H,6,11-12H2,(H,21,22,24). The van der Waals surface area contributed by atoms with Gasteiger partial charge in [0.1, 0.15) is 0 Å². The first-order valence-corrected chi connectivity index (χ1v) is 9.48. The van der Waals surface area contributed by atoms with E-state index in [1.165, 1.54) is 11.3 Å². The molecule has 4 aromatic rings. The maximum absolute atomic E-state index is 12.2. The minimum absolute atomic E-state index is 0.121. The monoisotopic (exact) mass is 379 g/mol. The van der Waals surface area contributed by atoms with Gasteiger partial charge in [-0.25, -0.2) is 9.78 Å². The lowest BCUT2D eigenvalue weighted by Gasteiger charge is -2.03. The first-order valence-electron chi connectivity index (χ1n) is 8.60. The van der Waals surface area contributed by atoms with Crippen molar-refractivity contribution in [2.45, 2.75) is 19.4 Å². The molecule has 0 atom stereocenters. The van der Waals surface area contributed by atoms with Crippen molar-refractivity contribution in [3.05, 3.63) is 70.5 Å². The molecule has 0 aliphatic rings. The maximum Gasteiger partial charge on any atom is 0.419 e. The van der Waals surface area contributed by atoms with E-state index in [2.05, 4.69) is 10.3 Å². The summed E-state index contributed by atoms with van der Waals surface area (Å²) in [4.78, 5) is 28.6. The summed E-state index contributed by atoms with van der Waals surface area (Å²) < 4.78 is 6.75. The number of aryl methyl sites for hydroxylation is 1. The number of rotatable bonds is 6. The summed E-state index contributed by atoms with van der Waals surface area (Å²) >= 11 is 1.39. The average molecular weight is 379 g/mol. The molecule has 0 saturated carbocycles. The third kappa shape index (κ3) is 3.83. The maximum atomic E-state index is 12.2. The minimum atomic E-state index is -0.399. The molecule has 2 aromatic carbocycles. The number of anilines is 1. The number of fused-ring (bicyclic) bond motifs is 1. The van der Waals surface area contributed by atoms with Crippen LogP contribution in [0.3, 0.4) is 0 Å². The summed E-state index contributed by atoms with van der Waals surface area (Å²) in [6.45, 7) is 0.427. The summed E-state index contributed by atoms with van der Waals surface area (Å²) in [6, 6.07) is 17.1. The lowest BCUT2D eigenvalue weighted by molar-refractivity contribution is -0.116. The van der Waals surface area contributed by atoms with Crippen LogP contribution in [0.4, 0.5) is 5.13 Å². The van der Waals surface area contributed by atoms with Crippen LogP contribution < -0.4 is 11.1 Å². The largest absolute Gasteiger partial charge is 0.419 e. The first-order chi connectivity index (χ1) is 13.2. The zero-order valence-electron chi connectivity index (χ0n) is 14.4. The molecule has 7 heteroatoms. The zero-order valence-corrected chi connectivity index (χ0v) is 15.2. The Labute approximate surface area is 159 Å². The van der Waals surface area contributed by atoms with Crippen LogP contribution in [0.25, 0.3) is 22.4 Å². The number of hydrogen-bond acceptors (Lipinski definition) is 5. The van der Waals surface area contributed by atoms with Gasteiger partial charge in [-0.1, -0.05) is 42.5 Å². The van der Waals surface area contributed by atoms with Crippen LogP contribution in [0.2, 0.25) is 0 Å². The van der Waals surface area contributed by atoms with Crippen LogP contribution >= 0.6 is 11.3 Å². The van der Waals surface area contributed by atoms with Crippen molar-refractivity contribution in [2.24, 2.45) is 0 Å². The number of carbonyl (C=O) groups is 1. The van der Waals surface area contributed by atoms with Gasteiger partial charge in [0.05, 0.1) is 11.2 Å². The Hall–Kier alpha value is -3.19. The van der Waals surface area contributed by atoms with E-state index in [4.69, 9.17) is 4.42 Å².